The third kappa shape index (κ3) is 5.23. The molecule has 0 radical (unpaired) electrons. The molecule has 1 aliphatic carbocycles. The van der Waals surface area contributed by atoms with Gasteiger partial charge in [-0.3, -0.25) is 0 Å². The van der Waals surface area contributed by atoms with Crippen molar-refractivity contribution < 1.29 is 17.9 Å². The van der Waals surface area contributed by atoms with Crippen LogP contribution in [0.1, 0.15) is 45.1 Å². The molecule has 0 amide bonds. The summed E-state index contributed by atoms with van der Waals surface area (Å²) in [6.07, 6.45) is -0.158. The van der Waals surface area contributed by atoms with E-state index in [1.54, 1.807) is 18.2 Å². The summed E-state index contributed by atoms with van der Waals surface area (Å²) in [7, 11) is 0. The second kappa shape index (κ2) is 6.26. The molecule has 1 unspecified atom stereocenters. The molecule has 0 aromatic heterocycles. The molecule has 0 spiro atoms. The van der Waals surface area contributed by atoms with Gasteiger partial charge in [0.2, 0.25) is 0 Å². The maximum Gasteiger partial charge on any atom is 0.573 e. The highest BCUT2D eigenvalue weighted by Gasteiger charge is 2.32. The zero-order chi connectivity index (χ0) is 15.5. The van der Waals surface area contributed by atoms with Crippen LogP contribution in [0.15, 0.2) is 24.3 Å². The third-order valence-corrected chi connectivity index (χ3v) is 3.98. The molecule has 2 nitrogen and oxygen atoms in total. The molecule has 1 aromatic carbocycles. The van der Waals surface area contributed by atoms with Crippen LogP contribution >= 0.6 is 0 Å². The van der Waals surface area contributed by atoms with Gasteiger partial charge in [0.15, 0.2) is 0 Å². The molecular formula is C16H22F3NO. The number of hydrogen-bond donors (Lipinski definition) is 1. The summed E-state index contributed by atoms with van der Waals surface area (Å²) in [5.74, 6) is -0.118. The lowest BCUT2D eigenvalue weighted by molar-refractivity contribution is -0.274. The molecule has 0 saturated heterocycles. The number of benzene rings is 1. The zero-order valence-electron chi connectivity index (χ0n) is 12.5. The SMILES string of the molecule is CC1(C)CCCC(NCc2ccccc2OC(F)(F)F)C1. The molecule has 5 heteroatoms. The fourth-order valence-corrected chi connectivity index (χ4v) is 3.00. The van der Waals surface area contributed by atoms with E-state index in [-0.39, 0.29) is 5.75 Å². The lowest BCUT2D eigenvalue weighted by Crippen LogP contribution is -2.37. The predicted molar refractivity (Wildman–Crippen MR) is 76.0 cm³/mol. The van der Waals surface area contributed by atoms with Crippen LogP contribution in [0.2, 0.25) is 0 Å². The summed E-state index contributed by atoms with van der Waals surface area (Å²) < 4.78 is 41.2. The molecule has 1 fully saturated rings. The number of rotatable bonds is 4. The van der Waals surface area contributed by atoms with Gasteiger partial charge in [-0.2, -0.15) is 0 Å². The van der Waals surface area contributed by atoms with Gasteiger partial charge in [-0.1, -0.05) is 38.5 Å². The quantitative estimate of drug-likeness (QED) is 0.874. The highest BCUT2D eigenvalue weighted by Crippen LogP contribution is 2.35. The predicted octanol–water partition coefficient (Wildman–Crippen LogP) is 4.64. The van der Waals surface area contributed by atoms with E-state index >= 15 is 0 Å². The van der Waals surface area contributed by atoms with Crippen LogP contribution < -0.4 is 10.1 Å². The van der Waals surface area contributed by atoms with Crippen molar-refractivity contribution in [2.75, 3.05) is 0 Å². The first-order valence-corrected chi connectivity index (χ1v) is 7.32. The van der Waals surface area contributed by atoms with E-state index in [0.717, 1.165) is 19.3 Å². The van der Waals surface area contributed by atoms with Crippen LogP contribution in [0.25, 0.3) is 0 Å². The average molecular weight is 301 g/mol. The molecular weight excluding hydrogens is 279 g/mol. The van der Waals surface area contributed by atoms with Gasteiger partial charge >= 0.3 is 6.36 Å². The number of ether oxygens (including phenoxy) is 1. The molecule has 1 atom stereocenters. The van der Waals surface area contributed by atoms with Crippen molar-refractivity contribution in [3.8, 4) is 5.75 Å². The van der Waals surface area contributed by atoms with Gasteiger partial charge in [0.05, 0.1) is 0 Å². The van der Waals surface area contributed by atoms with Gasteiger partial charge in [-0.25, -0.2) is 0 Å². The molecule has 1 saturated carbocycles. The molecule has 0 bridgehead atoms. The lowest BCUT2D eigenvalue weighted by Gasteiger charge is -2.35. The van der Waals surface area contributed by atoms with Gasteiger partial charge in [0.1, 0.15) is 5.75 Å². The molecule has 0 heterocycles. The Morgan fingerprint density at radius 2 is 2.00 bits per heavy atom. The standard InChI is InChI=1S/C16H22F3NO/c1-15(2)9-5-7-13(10-15)20-11-12-6-3-4-8-14(12)21-16(17,18)19/h3-4,6,8,13,20H,5,7,9-11H2,1-2H3. The van der Waals surface area contributed by atoms with Crippen molar-refractivity contribution in [3.63, 3.8) is 0 Å². The Kier molecular flexibility index (Phi) is 4.81. The van der Waals surface area contributed by atoms with Gasteiger partial charge in [-0.15, -0.1) is 13.2 Å². The van der Waals surface area contributed by atoms with E-state index in [9.17, 15) is 13.2 Å². The Labute approximate surface area is 123 Å². The Bertz CT molecular complexity index is 471. The smallest absolute Gasteiger partial charge is 0.405 e. The van der Waals surface area contributed by atoms with Crippen molar-refractivity contribution in [3.05, 3.63) is 29.8 Å². The number of alkyl halides is 3. The van der Waals surface area contributed by atoms with Gasteiger partial charge in [0, 0.05) is 18.2 Å². The third-order valence-electron chi connectivity index (χ3n) is 3.98. The fraction of sp³-hybridized carbons (Fsp3) is 0.625. The van der Waals surface area contributed by atoms with Crippen LogP contribution in [0.5, 0.6) is 5.75 Å². The lowest BCUT2D eigenvalue weighted by atomic mass is 9.75. The van der Waals surface area contributed by atoms with Crippen molar-refractivity contribution in [1.29, 1.82) is 0 Å². The first-order chi connectivity index (χ1) is 9.75. The van der Waals surface area contributed by atoms with Crippen molar-refractivity contribution >= 4 is 0 Å². The minimum atomic E-state index is -4.65. The number of hydrogen-bond acceptors (Lipinski definition) is 2. The highest BCUT2D eigenvalue weighted by molar-refractivity contribution is 5.33. The molecule has 1 aliphatic rings. The zero-order valence-corrected chi connectivity index (χ0v) is 12.5. The largest absolute Gasteiger partial charge is 0.573 e. The Morgan fingerprint density at radius 1 is 1.29 bits per heavy atom. The summed E-state index contributed by atoms with van der Waals surface area (Å²) in [6, 6.07) is 6.66. The van der Waals surface area contributed by atoms with E-state index in [0.29, 0.717) is 23.6 Å². The van der Waals surface area contributed by atoms with Crippen molar-refractivity contribution in [2.24, 2.45) is 5.41 Å². The van der Waals surface area contributed by atoms with Crippen LogP contribution in [-0.4, -0.2) is 12.4 Å². The summed E-state index contributed by atoms with van der Waals surface area (Å²) in [5, 5.41) is 3.37. The number of nitrogens with one attached hydrogen (secondary N) is 1. The summed E-state index contributed by atoms with van der Waals surface area (Å²) in [5.41, 5.74) is 0.843. The van der Waals surface area contributed by atoms with Gasteiger partial charge in [0.25, 0.3) is 0 Å². The molecule has 118 valence electrons. The average Bonchev–Trinajstić information content (AvgIpc) is 2.35. The van der Waals surface area contributed by atoms with Crippen molar-refractivity contribution in [1.82, 2.24) is 5.32 Å². The maximum absolute atomic E-state index is 12.4. The fourth-order valence-electron chi connectivity index (χ4n) is 3.00. The molecule has 1 aromatic rings. The van der Waals surface area contributed by atoms with E-state index in [2.05, 4.69) is 23.9 Å². The maximum atomic E-state index is 12.4. The normalized spacial score (nSPS) is 22.0. The summed E-state index contributed by atoms with van der Waals surface area (Å²) in [4.78, 5) is 0. The number of halogens is 3. The Hall–Kier alpha value is -1.23. The second-order valence-corrected chi connectivity index (χ2v) is 6.49. The van der Waals surface area contributed by atoms with Crippen LogP contribution in [0, 0.1) is 5.41 Å². The molecule has 1 N–H and O–H groups in total. The first-order valence-electron chi connectivity index (χ1n) is 7.32. The summed E-state index contributed by atoms with van der Waals surface area (Å²) >= 11 is 0. The van der Waals surface area contributed by atoms with E-state index in [1.165, 1.54) is 12.5 Å². The van der Waals surface area contributed by atoms with Crippen molar-refractivity contribution in [2.45, 2.75) is 58.5 Å². The van der Waals surface area contributed by atoms with Crippen LogP contribution in [0.4, 0.5) is 13.2 Å². The molecule has 21 heavy (non-hydrogen) atoms. The minimum Gasteiger partial charge on any atom is -0.405 e. The Morgan fingerprint density at radius 3 is 2.67 bits per heavy atom. The second-order valence-electron chi connectivity index (χ2n) is 6.49. The minimum absolute atomic E-state index is 0.118. The molecule has 0 aliphatic heterocycles. The topological polar surface area (TPSA) is 21.3 Å². The van der Waals surface area contributed by atoms with Gasteiger partial charge in [-0.05, 0) is 30.7 Å². The van der Waals surface area contributed by atoms with Crippen LogP contribution in [-0.2, 0) is 6.54 Å². The first kappa shape index (κ1) is 16.1. The van der Waals surface area contributed by atoms with E-state index in [1.807, 2.05) is 0 Å². The van der Waals surface area contributed by atoms with E-state index < -0.39 is 6.36 Å². The van der Waals surface area contributed by atoms with E-state index in [4.69, 9.17) is 0 Å². The molecule has 2 rings (SSSR count). The number of para-hydroxylation sites is 1. The van der Waals surface area contributed by atoms with Gasteiger partial charge < -0.3 is 10.1 Å². The Balaban J connectivity index is 1.97. The highest BCUT2D eigenvalue weighted by atomic mass is 19.4. The summed E-state index contributed by atoms with van der Waals surface area (Å²) in [6.45, 7) is 4.87. The monoisotopic (exact) mass is 301 g/mol. The van der Waals surface area contributed by atoms with Crippen LogP contribution in [0.3, 0.4) is 0 Å².